The Balaban J connectivity index is 2.50. The molecule has 1 atom stereocenters. The molecule has 1 N–H and O–H groups in total. The Morgan fingerprint density at radius 1 is 1.11 bits per heavy atom. The quantitative estimate of drug-likeness (QED) is 0.484. The first-order valence-corrected chi connectivity index (χ1v) is 13.6. The Bertz CT molecular complexity index is 1140. The third-order valence-electron chi connectivity index (χ3n) is 5.38. The molecule has 10 heteroatoms. The van der Waals surface area contributed by atoms with E-state index in [-0.39, 0.29) is 29.9 Å². The highest BCUT2D eigenvalue weighted by atomic mass is 35.5. The van der Waals surface area contributed by atoms with Gasteiger partial charge in [-0.15, -0.1) is 0 Å². The highest BCUT2D eigenvalue weighted by molar-refractivity contribution is 7.92. The van der Waals surface area contributed by atoms with Crippen LogP contribution in [0.15, 0.2) is 42.5 Å². The third-order valence-corrected chi connectivity index (χ3v) is 6.74. The van der Waals surface area contributed by atoms with Crippen LogP contribution in [0.3, 0.4) is 0 Å². The number of carbonyl (C=O) groups is 2. The average molecular weight is 524 g/mol. The summed E-state index contributed by atoms with van der Waals surface area (Å²) < 4.78 is 31.8. The molecule has 0 fully saturated rings. The molecule has 0 saturated heterocycles. The van der Waals surface area contributed by atoms with Crippen LogP contribution in [0.2, 0.25) is 5.02 Å². The molecule has 35 heavy (non-hydrogen) atoms. The Morgan fingerprint density at radius 3 is 2.26 bits per heavy atom. The lowest BCUT2D eigenvalue weighted by molar-refractivity contribution is -0.140. The smallest absolute Gasteiger partial charge is 0.244 e. The minimum atomic E-state index is -3.90. The van der Waals surface area contributed by atoms with E-state index < -0.39 is 28.5 Å². The van der Waals surface area contributed by atoms with Crippen molar-refractivity contribution >= 4 is 39.1 Å². The van der Waals surface area contributed by atoms with Gasteiger partial charge in [-0.3, -0.25) is 13.9 Å². The molecule has 0 aliphatic heterocycles. The molecule has 2 rings (SSSR count). The number of nitrogens with zero attached hydrogens (tertiary/aromatic N) is 2. The number of methoxy groups -OCH3 is 1. The summed E-state index contributed by atoms with van der Waals surface area (Å²) in [4.78, 5) is 28.1. The third kappa shape index (κ3) is 7.86. The van der Waals surface area contributed by atoms with Crippen molar-refractivity contribution in [1.82, 2.24) is 10.2 Å². The zero-order valence-corrected chi connectivity index (χ0v) is 22.6. The average Bonchev–Trinajstić information content (AvgIpc) is 2.77. The van der Waals surface area contributed by atoms with Gasteiger partial charge in [0, 0.05) is 17.6 Å². The number of anilines is 1. The van der Waals surface area contributed by atoms with Crippen LogP contribution >= 0.6 is 11.6 Å². The first-order valence-electron chi connectivity index (χ1n) is 11.3. The van der Waals surface area contributed by atoms with E-state index >= 15 is 0 Å². The molecule has 0 radical (unpaired) electrons. The fourth-order valence-electron chi connectivity index (χ4n) is 3.64. The minimum absolute atomic E-state index is 0.115. The number of benzene rings is 2. The highest BCUT2D eigenvalue weighted by Gasteiger charge is 2.32. The van der Waals surface area contributed by atoms with Crippen LogP contribution in [0.1, 0.15) is 38.3 Å². The maximum Gasteiger partial charge on any atom is 0.244 e. The van der Waals surface area contributed by atoms with Crippen molar-refractivity contribution in [2.45, 2.75) is 52.7 Å². The van der Waals surface area contributed by atoms with Crippen molar-refractivity contribution in [1.29, 1.82) is 0 Å². The van der Waals surface area contributed by atoms with E-state index in [1.807, 2.05) is 52.0 Å². The van der Waals surface area contributed by atoms with Crippen LogP contribution in [0.25, 0.3) is 0 Å². The largest absolute Gasteiger partial charge is 0.495 e. The van der Waals surface area contributed by atoms with Crippen LogP contribution in [0, 0.1) is 6.92 Å². The second kappa shape index (κ2) is 12.3. The van der Waals surface area contributed by atoms with Gasteiger partial charge < -0.3 is 15.0 Å². The first kappa shape index (κ1) is 28.5. The molecular formula is C25H34ClN3O5S. The number of amides is 2. The Hall–Kier alpha value is -2.78. The van der Waals surface area contributed by atoms with Crippen molar-refractivity contribution in [3.8, 4) is 5.75 Å². The van der Waals surface area contributed by atoms with E-state index in [0.717, 1.165) is 21.7 Å². The molecule has 2 aromatic rings. The van der Waals surface area contributed by atoms with Crippen molar-refractivity contribution in [3.63, 3.8) is 0 Å². The summed E-state index contributed by atoms with van der Waals surface area (Å²) in [6.45, 7) is 7.08. The molecule has 1 unspecified atom stereocenters. The summed E-state index contributed by atoms with van der Waals surface area (Å²) in [5.74, 6) is -0.569. The van der Waals surface area contributed by atoms with E-state index in [2.05, 4.69) is 5.32 Å². The number of hydrogen-bond acceptors (Lipinski definition) is 5. The molecule has 0 bridgehead atoms. The highest BCUT2D eigenvalue weighted by Crippen LogP contribution is 2.33. The normalized spacial score (nSPS) is 12.2. The molecule has 0 aliphatic carbocycles. The lowest BCUT2D eigenvalue weighted by Gasteiger charge is -2.33. The van der Waals surface area contributed by atoms with E-state index in [1.165, 1.54) is 24.1 Å². The topological polar surface area (TPSA) is 96.0 Å². The van der Waals surface area contributed by atoms with Crippen LogP contribution in [0.5, 0.6) is 5.75 Å². The Morgan fingerprint density at radius 2 is 1.74 bits per heavy atom. The zero-order valence-electron chi connectivity index (χ0n) is 21.0. The van der Waals surface area contributed by atoms with Gasteiger partial charge in [-0.2, -0.15) is 0 Å². The molecule has 192 valence electrons. The summed E-state index contributed by atoms with van der Waals surface area (Å²) in [7, 11) is -2.49. The number of hydrogen-bond donors (Lipinski definition) is 1. The van der Waals surface area contributed by atoms with Gasteiger partial charge in [-0.25, -0.2) is 8.42 Å². The number of rotatable bonds is 11. The fraction of sp³-hybridized carbons (Fsp3) is 0.440. The van der Waals surface area contributed by atoms with Crippen LogP contribution in [-0.2, 0) is 26.2 Å². The maximum atomic E-state index is 13.7. The van der Waals surface area contributed by atoms with Gasteiger partial charge >= 0.3 is 0 Å². The van der Waals surface area contributed by atoms with E-state index in [1.54, 1.807) is 6.07 Å². The number of sulfonamides is 1. The molecule has 2 amide bonds. The van der Waals surface area contributed by atoms with E-state index in [0.29, 0.717) is 11.4 Å². The maximum absolute atomic E-state index is 13.7. The van der Waals surface area contributed by atoms with Gasteiger partial charge in [0.25, 0.3) is 0 Å². The second-order valence-corrected chi connectivity index (χ2v) is 11.0. The van der Waals surface area contributed by atoms with Crippen molar-refractivity contribution < 1.29 is 22.7 Å². The van der Waals surface area contributed by atoms with Gasteiger partial charge in [0.05, 0.1) is 19.1 Å². The van der Waals surface area contributed by atoms with Gasteiger partial charge in [0.2, 0.25) is 21.8 Å². The monoisotopic (exact) mass is 523 g/mol. The number of ether oxygens (including phenoxy) is 1. The fourth-order valence-corrected chi connectivity index (χ4v) is 4.65. The standard InChI is InChI=1S/C25H34ClN3O5S/c1-7-21(25(31)27-17(2)3)28(15-19-10-8-18(4)9-11-19)24(30)16-29(35(6,32)33)22-14-20(26)12-13-23(22)34-5/h8-14,17,21H,7,15-16H2,1-6H3,(H,27,31). The van der Waals surface area contributed by atoms with Gasteiger partial charge in [-0.05, 0) is 51.0 Å². The second-order valence-electron chi connectivity index (χ2n) is 8.68. The van der Waals surface area contributed by atoms with Crippen molar-refractivity contribution in [3.05, 3.63) is 58.6 Å². The summed E-state index contributed by atoms with van der Waals surface area (Å²) >= 11 is 6.12. The summed E-state index contributed by atoms with van der Waals surface area (Å²) in [6, 6.07) is 11.3. The summed E-state index contributed by atoms with van der Waals surface area (Å²) in [5.41, 5.74) is 2.03. The predicted molar refractivity (Wildman–Crippen MR) is 139 cm³/mol. The Labute approximate surface area is 213 Å². The first-order chi connectivity index (χ1) is 16.4. The number of nitrogens with one attached hydrogen (secondary N) is 1. The predicted octanol–water partition coefficient (Wildman–Crippen LogP) is 3.76. The molecule has 0 aliphatic rings. The van der Waals surface area contributed by atoms with Crippen LogP contribution in [-0.4, -0.2) is 57.1 Å². The lowest BCUT2D eigenvalue weighted by atomic mass is 10.1. The SMILES string of the molecule is CCC(C(=O)NC(C)C)N(Cc1ccc(C)cc1)C(=O)CN(c1cc(Cl)ccc1OC)S(C)(=O)=O. The van der Waals surface area contributed by atoms with Gasteiger partial charge in [-0.1, -0.05) is 48.4 Å². The lowest BCUT2D eigenvalue weighted by Crippen LogP contribution is -2.53. The molecule has 0 saturated carbocycles. The molecule has 0 heterocycles. The Kier molecular flexibility index (Phi) is 9.97. The molecule has 0 spiro atoms. The van der Waals surface area contributed by atoms with E-state index in [4.69, 9.17) is 16.3 Å². The van der Waals surface area contributed by atoms with Crippen molar-refractivity contribution in [2.75, 3.05) is 24.2 Å². The molecule has 2 aromatic carbocycles. The summed E-state index contributed by atoms with van der Waals surface area (Å²) in [6.07, 6.45) is 1.36. The number of carbonyl (C=O) groups excluding carboxylic acids is 2. The van der Waals surface area contributed by atoms with Gasteiger partial charge in [0.15, 0.2) is 0 Å². The summed E-state index contributed by atoms with van der Waals surface area (Å²) in [5, 5.41) is 3.16. The number of halogens is 1. The molecule has 8 nitrogen and oxygen atoms in total. The van der Waals surface area contributed by atoms with Crippen LogP contribution < -0.4 is 14.4 Å². The van der Waals surface area contributed by atoms with Gasteiger partial charge in [0.1, 0.15) is 18.3 Å². The zero-order chi connectivity index (χ0) is 26.3. The van der Waals surface area contributed by atoms with E-state index in [9.17, 15) is 18.0 Å². The molecular weight excluding hydrogens is 490 g/mol. The van der Waals surface area contributed by atoms with Crippen molar-refractivity contribution in [2.24, 2.45) is 0 Å². The number of aryl methyl sites for hydroxylation is 1. The minimum Gasteiger partial charge on any atom is -0.495 e. The molecule has 0 aromatic heterocycles. The van der Waals surface area contributed by atoms with Crippen LogP contribution in [0.4, 0.5) is 5.69 Å².